The molecule has 1 fully saturated rings. The molecule has 1 heterocycles. The molecule has 0 bridgehead atoms. The Bertz CT molecular complexity index is 640. The largest absolute Gasteiger partial charge is 0.353 e. The number of ketones is 1. The van der Waals surface area contributed by atoms with E-state index in [1.54, 1.807) is 12.2 Å². The van der Waals surface area contributed by atoms with Crippen molar-refractivity contribution in [2.24, 2.45) is 23.2 Å². The topological polar surface area (TPSA) is 70.0 Å². The van der Waals surface area contributed by atoms with Crippen LogP contribution in [0.4, 0.5) is 0 Å². The van der Waals surface area contributed by atoms with E-state index in [1.165, 1.54) is 0 Å². The number of rotatable bonds is 2. The number of hydrogen-bond donors (Lipinski definition) is 1. The summed E-state index contributed by atoms with van der Waals surface area (Å²) in [5, 5.41) is 11.9. The van der Waals surface area contributed by atoms with E-state index in [4.69, 9.17) is 5.26 Å². The molecular formula is C19H24N2O2. The summed E-state index contributed by atoms with van der Waals surface area (Å²) in [5.41, 5.74) is 2.03. The fraction of sp³-hybridized carbons (Fsp3) is 0.632. The van der Waals surface area contributed by atoms with Crippen molar-refractivity contribution in [3.63, 3.8) is 0 Å². The average molecular weight is 312 g/mol. The fourth-order valence-corrected chi connectivity index (χ4v) is 5.03. The highest BCUT2D eigenvalue weighted by Gasteiger charge is 2.52. The zero-order valence-electron chi connectivity index (χ0n) is 13.9. The van der Waals surface area contributed by atoms with Gasteiger partial charge >= 0.3 is 0 Å². The number of hydrogen-bond acceptors (Lipinski definition) is 3. The summed E-state index contributed by atoms with van der Waals surface area (Å²) >= 11 is 0. The van der Waals surface area contributed by atoms with Gasteiger partial charge in [-0.3, -0.25) is 9.59 Å². The molecule has 1 N–H and O–H groups in total. The SMILES string of the molecule is CC1=CC(=O)[C@H]2[C@@H](CCC3=CC(=O)NCC[C@@]32C)[C@@H]1CCC#N. The van der Waals surface area contributed by atoms with E-state index in [9.17, 15) is 9.59 Å². The highest BCUT2D eigenvalue weighted by Crippen LogP contribution is 2.56. The quantitative estimate of drug-likeness (QED) is 0.852. The molecule has 4 heteroatoms. The van der Waals surface area contributed by atoms with Gasteiger partial charge in [-0.2, -0.15) is 5.26 Å². The Balaban J connectivity index is 2.00. The van der Waals surface area contributed by atoms with Crippen molar-refractivity contribution in [1.82, 2.24) is 5.32 Å². The van der Waals surface area contributed by atoms with Crippen LogP contribution in [-0.4, -0.2) is 18.2 Å². The second kappa shape index (κ2) is 5.96. The maximum absolute atomic E-state index is 12.8. The zero-order chi connectivity index (χ0) is 16.6. The molecule has 1 saturated carbocycles. The standard InChI is InChI=1S/C19H24N2O2/c1-12-10-16(22)18-15(14(12)4-3-8-20)6-5-13-11-17(23)21-9-7-19(13,18)2/h10-11,14-15,18H,3-7,9H2,1-2H3,(H,21,23)/t14-,15+,18-,19+/m1/s1. The number of nitriles is 1. The third kappa shape index (κ3) is 2.63. The van der Waals surface area contributed by atoms with Gasteiger partial charge < -0.3 is 5.32 Å². The minimum absolute atomic E-state index is 0.0295. The van der Waals surface area contributed by atoms with E-state index in [-0.39, 0.29) is 23.0 Å². The van der Waals surface area contributed by atoms with Crippen LogP contribution in [-0.2, 0) is 9.59 Å². The van der Waals surface area contributed by atoms with Crippen LogP contribution in [0.5, 0.6) is 0 Å². The molecule has 2 aliphatic carbocycles. The highest BCUT2D eigenvalue weighted by molar-refractivity contribution is 5.95. The molecule has 0 radical (unpaired) electrons. The normalized spacial score (nSPS) is 36.7. The van der Waals surface area contributed by atoms with Crippen LogP contribution in [0.1, 0.15) is 46.0 Å². The molecule has 0 aromatic carbocycles. The van der Waals surface area contributed by atoms with E-state index < -0.39 is 0 Å². The van der Waals surface area contributed by atoms with Crippen LogP contribution < -0.4 is 5.32 Å². The van der Waals surface area contributed by atoms with Gasteiger partial charge in [-0.25, -0.2) is 0 Å². The van der Waals surface area contributed by atoms with Crippen LogP contribution >= 0.6 is 0 Å². The smallest absolute Gasteiger partial charge is 0.243 e. The first kappa shape index (κ1) is 16.0. The van der Waals surface area contributed by atoms with Crippen LogP contribution in [0, 0.1) is 34.5 Å². The van der Waals surface area contributed by atoms with Crippen molar-refractivity contribution in [3.05, 3.63) is 23.3 Å². The number of nitrogens with one attached hydrogen (secondary N) is 1. The summed E-state index contributed by atoms with van der Waals surface area (Å²) in [7, 11) is 0. The molecule has 1 aliphatic heterocycles. The van der Waals surface area contributed by atoms with Crippen LogP contribution in [0.2, 0.25) is 0 Å². The molecule has 0 saturated heterocycles. The molecule has 0 unspecified atom stereocenters. The Morgan fingerprint density at radius 1 is 1.39 bits per heavy atom. The molecule has 3 aliphatic rings. The molecule has 0 aromatic heterocycles. The van der Waals surface area contributed by atoms with Gasteiger partial charge in [0.25, 0.3) is 0 Å². The van der Waals surface area contributed by atoms with Crippen molar-refractivity contribution >= 4 is 11.7 Å². The average Bonchev–Trinajstić information content (AvgIpc) is 2.64. The van der Waals surface area contributed by atoms with Gasteiger partial charge in [0.1, 0.15) is 0 Å². The summed E-state index contributed by atoms with van der Waals surface area (Å²) in [6.45, 7) is 4.81. The van der Waals surface area contributed by atoms with Gasteiger partial charge in [-0.05, 0) is 50.5 Å². The van der Waals surface area contributed by atoms with E-state index in [2.05, 4.69) is 18.3 Å². The van der Waals surface area contributed by atoms with E-state index in [0.29, 0.717) is 24.8 Å². The number of nitrogens with zero attached hydrogens (tertiary/aromatic N) is 1. The maximum atomic E-state index is 12.8. The lowest BCUT2D eigenvalue weighted by Crippen LogP contribution is -2.48. The molecule has 3 rings (SSSR count). The summed E-state index contributed by atoms with van der Waals surface area (Å²) in [6.07, 6.45) is 7.53. The fourth-order valence-electron chi connectivity index (χ4n) is 5.03. The van der Waals surface area contributed by atoms with Crippen molar-refractivity contribution in [2.45, 2.75) is 46.0 Å². The van der Waals surface area contributed by atoms with Gasteiger partial charge in [0.05, 0.1) is 6.07 Å². The first-order valence-corrected chi connectivity index (χ1v) is 8.55. The Morgan fingerprint density at radius 2 is 2.17 bits per heavy atom. The monoisotopic (exact) mass is 312 g/mol. The lowest BCUT2D eigenvalue weighted by molar-refractivity contribution is -0.127. The summed E-state index contributed by atoms with van der Waals surface area (Å²) < 4.78 is 0. The summed E-state index contributed by atoms with van der Waals surface area (Å²) in [5.74, 6) is 0.753. The number of carbonyl (C=O) groups excluding carboxylic acids is 2. The maximum Gasteiger partial charge on any atom is 0.243 e. The summed E-state index contributed by atoms with van der Waals surface area (Å²) in [4.78, 5) is 24.7. The lowest BCUT2D eigenvalue weighted by Gasteiger charge is -2.51. The molecule has 4 atom stereocenters. The van der Waals surface area contributed by atoms with Crippen molar-refractivity contribution in [2.75, 3.05) is 6.54 Å². The number of amides is 1. The molecule has 0 aromatic rings. The van der Waals surface area contributed by atoms with Crippen LogP contribution in [0.3, 0.4) is 0 Å². The Hall–Kier alpha value is -1.89. The van der Waals surface area contributed by atoms with Crippen molar-refractivity contribution in [3.8, 4) is 6.07 Å². The number of allylic oxidation sites excluding steroid dienone is 3. The van der Waals surface area contributed by atoms with Crippen LogP contribution in [0.15, 0.2) is 23.3 Å². The van der Waals surface area contributed by atoms with E-state index in [1.807, 2.05) is 6.92 Å². The van der Waals surface area contributed by atoms with Crippen LogP contribution in [0.25, 0.3) is 0 Å². The number of carbonyl (C=O) groups is 2. The van der Waals surface area contributed by atoms with Gasteiger partial charge in [0.2, 0.25) is 5.91 Å². The molecule has 122 valence electrons. The van der Waals surface area contributed by atoms with Gasteiger partial charge in [0, 0.05) is 30.4 Å². The minimum Gasteiger partial charge on any atom is -0.353 e. The predicted octanol–water partition coefficient (Wildman–Crippen LogP) is 2.91. The zero-order valence-corrected chi connectivity index (χ0v) is 13.9. The Morgan fingerprint density at radius 3 is 2.91 bits per heavy atom. The molecule has 1 amide bonds. The molecule has 23 heavy (non-hydrogen) atoms. The second-order valence-electron chi connectivity index (χ2n) is 7.40. The summed E-state index contributed by atoms with van der Waals surface area (Å²) in [6, 6.07) is 2.25. The first-order valence-electron chi connectivity index (χ1n) is 8.55. The predicted molar refractivity (Wildman–Crippen MR) is 87.1 cm³/mol. The Labute approximate surface area is 137 Å². The van der Waals surface area contributed by atoms with E-state index in [0.717, 1.165) is 36.8 Å². The van der Waals surface area contributed by atoms with Crippen molar-refractivity contribution < 1.29 is 9.59 Å². The van der Waals surface area contributed by atoms with Gasteiger partial charge in [0.15, 0.2) is 5.78 Å². The minimum atomic E-state index is -0.235. The highest BCUT2D eigenvalue weighted by atomic mass is 16.1. The number of fused-ring (bicyclic) bond motifs is 3. The lowest BCUT2D eigenvalue weighted by atomic mass is 9.52. The Kier molecular flexibility index (Phi) is 4.14. The first-order chi connectivity index (χ1) is 11.0. The van der Waals surface area contributed by atoms with E-state index >= 15 is 0 Å². The second-order valence-corrected chi connectivity index (χ2v) is 7.40. The molecular weight excluding hydrogens is 288 g/mol. The third-order valence-electron chi connectivity index (χ3n) is 6.19. The molecule has 0 spiro atoms. The van der Waals surface area contributed by atoms with Gasteiger partial charge in [-0.1, -0.05) is 18.1 Å². The van der Waals surface area contributed by atoms with Gasteiger partial charge in [-0.15, -0.1) is 0 Å². The van der Waals surface area contributed by atoms with Crippen molar-refractivity contribution in [1.29, 1.82) is 5.26 Å². The third-order valence-corrected chi connectivity index (χ3v) is 6.19. The molecule has 4 nitrogen and oxygen atoms in total.